The van der Waals surface area contributed by atoms with Crippen LogP contribution in [0.4, 0.5) is 15.8 Å². The van der Waals surface area contributed by atoms with Gasteiger partial charge in [0.1, 0.15) is 17.7 Å². The fraction of sp³-hybridized carbons (Fsp3) is 0.316. The molecule has 1 aliphatic rings. The molecule has 0 aromatic heterocycles. The molecular weight excluding hydrogens is 321 g/mol. The highest BCUT2D eigenvalue weighted by Gasteiger charge is 2.26. The Labute approximate surface area is 146 Å². The van der Waals surface area contributed by atoms with Crippen LogP contribution in [0.3, 0.4) is 0 Å². The molecule has 1 aliphatic heterocycles. The van der Waals surface area contributed by atoms with E-state index in [0.29, 0.717) is 35.7 Å². The van der Waals surface area contributed by atoms with E-state index in [9.17, 15) is 9.50 Å². The van der Waals surface area contributed by atoms with Crippen molar-refractivity contribution in [3.05, 3.63) is 53.3 Å². The number of ether oxygens (including phenoxy) is 1. The summed E-state index contributed by atoms with van der Waals surface area (Å²) in [7, 11) is 1.51. The van der Waals surface area contributed by atoms with Gasteiger partial charge in [0.25, 0.3) is 0 Å². The van der Waals surface area contributed by atoms with Gasteiger partial charge in [-0.3, -0.25) is 0 Å². The fourth-order valence-corrected chi connectivity index (χ4v) is 2.97. The maximum atomic E-state index is 14.1. The van der Waals surface area contributed by atoms with E-state index in [1.807, 2.05) is 11.8 Å². The third kappa shape index (κ3) is 3.58. The van der Waals surface area contributed by atoms with Gasteiger partial charge in [-0.05, 0) is 37.1 Å². The second-order valence-electron chi connectivity index (χ2n) is 6.19. The van der Waals surface area contributed by atoms with Crippen molar-refractivity contribution in [3.8, 4) is 5.75 Å². The Morgan fingerprint density at radius 3 is 2.80 bits per heavy atom. The van der Waals surface area contributed by atoms with Gasteiger partial charge in [0.15, 0.2) is 0 Å². The van der Waals surface area contributed by atoms with E-state index in [-0.39, 0.29) is 11.9 Å². The molecule has 132 valence electrons. The summed E-state index contributed by atoms with van der Waals surface area (Å²) in [6, 6.07) is 9.96. The Kier molecular flexibility index (Phi) is 4.90. The van der Waals surface area contributed by atoms with Gasteiger partial charge in [0.05, 0.1) is 25.2 Å². The van der Waals surface area contributed by atoms with Crippen molar-refractivity contribution < 1.29 is 14.2 Å². The molecule has 0 radical (unpaired) electrons. The molecule has 6 heteroatoms. The summed E-state index contributed by atoms with van der Waals surface area (Å²) in [5.41, 5.74) is 8.41. The molecule has 5 nitrogen and oxygen atoms in total. The number of aliphatic hydroxyl groups excluding tert-OH is 1. The molecular formula is C19H22FN3O2. The number of nitrogens with zero attached hydrogens (tertiary/aromatic N) is 2. The van der Waals surface area contributed by atoms with Crippen LogP contribution in [0.25, 0.3) is 0 Å². The molecule has 0 saturated heterocycles. The van der Waals surface area contributed by atoms with Gasteiger partial charge in [-0.15, -0.1) is 0 Å². The summed E-state index contributed by atoms with van der Waals surface area (Å²) in [6.07, 6.45) is 1.50. The van der Waals surface area contributed by atoms with Gasteiger partial charge in [-0.25, -0.2) is 9.38 Å². The van der Waals surface area contributed by atoms with E-state index < -0.39 is 6.10 Å². The van der Waals surface area contributed by atoms with Crippen LogP contribution in [0.2, 0.25) is 0 Å². The number of benzene rings is 2. The highest BCUT2D eigenvalue weighted by atomic mass is 19.1. The maximum Gasteiger partial charge on any atom is 0.130 e. The van der Waals surface area contributed by atoms with E-state index in [1.165, 1.54) is 13.2 Å². The molecule has 0 spiro atoms. The lowest BCUT2D eigenvalue weighted by atomic mass is 10.0. The number of nitrogens with two attached hydrogens (primary N) is 1. The van der Waals surface area contributed by atoms with Crippen LogP contribution in [0.5, 0.6) is 5.75 Å². The number of fused-ring (bicyclic) bond motifs is 1. The van der Waals surface area contributed by atoms with Crippen molar-refractivity contribution in [1.29, 1.82) is 0 Å². The van der Waals surface area contributed by atoms with Gasteiger partial charge < -0.3 is 20.5 Å². The zero-order valence-corrected chi connectivity index (χ0v) is 14.3. The van der Waals surface area contributed by atoms with Crippen molar-refractivity contribution in [3.63, 3.8) is 0 Å². The van der Waals surface area contributed by atoms with Crippen molar-refractivity contribution in [2.24, 2.45) is 4.99 Å². The lowest BCUT2D eigenvalue weighted by Gasteiger charge is -2.29. The molecule has 0 bridgehead atoms. The number of aliphatic hydroxyl groups is 1. The highest BCUT2D eigenvalue weighted by molar-refractivity contribution is 5.68. The number of hydrogen-bond donors (Lipinski definition) is 2. The zero-order valence-electron chi connectivity index (χ0n) is 14.3. The minimum atomic E-state index is -0.696. The van der Waals surface area contributed by atoms with Gasteiger partial charge in [0.2, 0.25) is 0 Å². The number of hydrogen-bond acceptors (Lipinski definition) is 5. The van der Waals surface area contributed by atoms with Crippen molar-refractivity contribution >= 4 is 17.7 Å². The quantitative estimate of drug-likeness (QED) is 0.837. The van der Waals surface area contributed by atoms with Crippen LogP contribution in [-0.2, 0) is 6.42 Å². The molecule has 2 aromatic carbocycles. The molecule has 1 heterocycles. The molecule has 0 saturated carbocycles. The average molecular weight is 343 g/mol. The number of anilines is 1. The van der Waals surface area contributed by atoms with Crippen LogP contribution >= 0.6 is 0 Å². The molecule has 3 N–H and O–H groups in total. The zero-order chi connectivity index (χ0) is 18.0. The first kappa shape index (κ1) is 17.2. The van der Waals surface area contributed by atoms with Gasteiger partial charge in [0, 0.05) is 23.9 Å². The Hall–Kier alpha value is -2.60. The molecule has 0 amide bonds. The summed E-state index contributed by atoms with van der Waals surface area (Å²) in [5, 5.41) is 10.6. The Balaban J connectivity index is 1.76. The monoisotopic (exact) mass is 343 g/mol. The van der Waals surface area contributed by atoms with Crippen LogP contribution in [-0.4, -0.2) is 36.0 Å². The molecule has 2 unspecified atom stereocenters. The normalized spacial score (nSPS) is 19.4. The lowest BCUT2D eigenvalue weighted by Crippen LogP contribution is -2.37. The number of halogens is 1. The molecule has 25 heavy (non-hydrogen) atoms. The predicted octanol–water partition coefficient (Wildman–Crippen LogP) is 3.06. The lowest BCUT2D eigenvalue weighted by molar-refractivity contribution is 0.0981. The fourth-order valence-electron chi connectivity index (χ4n) is 2.97. The van der Waals surface area contributed by atoms with E-state index in [1.54, 1.807) is 36.7 Å². The summed E-state index contributed by atoms with van der Waals surface area (Å²) < 4.78 is 19.1. The Bertz CT molecular complexity index is 794. The Morgan fingerprint density at radius 2 is 2.08 bits per heavy atom. The maximum absolute atomic E-state index is 14.1. The smallest absolute Gasteiger partial charge is 0.130 e. The third-order valence-corrected chi connectivity index (χ3v) is 4.60. The summed E-state index contributed by atoms with van der Waals surface area (Å²) >= 11 is 0. The predicted molar refractivity (Wildman–Crippen MR) is 96.8 cm³/mol. The largest absolute Gasteiger partial charge is 0.497 e. The first-order valence-electron chi connectivity index (χ1n) is 8.19. The summed E-state index contributed by atoms with van der Waals surface area (Å²) in [6.45, 7) is 2.46. The number of rotatable bonds is 4. The second kappa shape index (κ2) is 7.11. The van der Waals surface area contributed by atoms with Crippen LogP contribution < -0.4 is 10.5 Å². The Morgan fingerprint density at radius 1 is 1.28 bits per heavy atom. The minimum absolute atomic E-state index is 0.185. The number of aliphatic imine (C=N–C) groups is 1. The first-order valence-corrected chi connectivity index (χ1v) is 8.19. The molecule has 2 atom stereocenters. The summed E-state index contributed by atoms with van der Waals surface area (Å²) in [4.78, 5) is 6.36. The number of nitrogen functional groups attached to an aromatic ring is 1. The SMILES string of the molecule is COc1ccc(CCN2C=Nc3cc(N)ccc3C(O)C2C)c(F)c1. The van der Waals surface area contributed by atoms with Crippen LogP contribution in [0.1, 0.15) is 24.2 Å². The minimum Gasteiger partial charge on any atom is -0.497 e. The van der Waals surface area contributed by atoms with E-state index in [0.717, 1.165) is 5.56 Å². The van der Waals surface area contributed by atoms with Crippen LogP contribution in [0, 0.1) is 5.82 Å². The van der Waals surface area contributed by atoms with Crippen molar-refractivity contribution in [1.82, 2.24) is 4.90 Å². The van der Waals surface area contributed by atoms with E-state index >= 15 is 0 Å². The van der Waals surface area contributed by atoms with Gasteiger partial charge in [-0.1, -0.05) is 12.1 Å². The highest BCUT2D eigenvalue weighted by Crippen LogP contribution is 2.33. The van der Waals surface area contributed by atoms with Crippen LogP contribution in [0.15, 0.2) is 41.4 Å². The second-order valence-corrected chi connectivity index (χ2v) is 6.19. The standard InChI is InChI=1S/C19H22FN3O2/c1-12-19(24)16-6-4-14(21)9-18(16)22-11-23(12)8-7-13-3-5-15(25-2)10-17(13)20/h3-6,9-12,19,24H,7-8,21H2,1-2H3. The van der Waals surface area contributed by atoms with Crippen molar-refractivity contribution in [2.75, 3.05) is 19.4 Å². The van der Waals surface area contributed by atoms with E-state index in [2.05, 4.69) is 4.99 Å². The molecule has 0 aliphatic carbocycles. The summed E-state index contributed by atoms with van der Waals surface area (Å²) in [5.74, 6) is 0.199. The van der Waals surface area contributed by atoms with Gasteiger partial charge in [-0.2, -0.15) is 0 Å². The van der Waals surface area contributed by atoms with Crippen molar-refractivity contribution in [2.45, 2.75) is 25.5 Å². The topological polar surface area (TPSA) is 71.1 Å². The van der Waals surface area contributed by atoms with Gasteiger partial charge >= 0.3 is 0 Å². The molecule has 2 aromatic rings. The van der Waals surface area contributed by atoms with E-state index in [4.69, 9.17) is 10.5 Å². The molecule has 0 fully saturated rings. The average Bonchev–Trinajstić information content (AvgIpc) is 2.72. The first-order chi connectivity index (χ1) is 12.0. The molecule has 3 rings (SSSR count). The third-order valence-electron chi connectivity index (χ3n) is 4.60. The number of methoxy groups -OCH3 is 1.